The fourth-order valence-corrected chi connectivity index (χ4v) is 4.36. The molecule has 186 valence electrons. The van der Waals surface area contributed by atoms with Gasteiger partial charge in [0.1, 0.15) is 23.2 Å². The largest absolute Gasteiger partial charge is 0.480 e. The van der Waals surface area contributed by atoms with Crippen molar-refractivity contribution < 1.29 is 9.90 Å². The number of carbonyl (C=O) groups is 1. The van der Waals surface area contributed by atoms with E-state index < -0.39 is 22.9 Å². The SMILES string of the molecule is CCc1cc2ccccc2c(Nc2ccc(C[C@H](Nc3c(N(CC)CC)c(=O)c3=O)C(=O)O)cc2)n1. The molecule has 8 nitrogen and oxygen atoms in total. The van der Waals surface area contributed by atoms with E-state index in [4.69, 9.17) is 4.98 Å². The molecule has 3 aromatic carbocycles. The summed E-state index contributed by atoms with van der Waals surface area (Å²) in [6.45, 7) is 6.92. The predicted octanol–water partition coefficient (Wildman–Crippen LogP) is 4.09. The number of carboxylic acid groups (broad SMARTS) is 1. The zero-order valence-electron chi connectivity index (χ0n) is 20.7. The number of rotatable bonds is 11. The van der Waals surface area contributed by atoms with Crippen LogP contribution in [-0.2, 0) is 17.6 Å². The van der Waals surface area contributed by atoms with Gasteiger partial charge in [-0.1, -0.05) is 43.3 Å². The van der Waals surface area contributed by atoms with Crippen molar-refractivity contribution in [2.24, 2.45) is 0 Å². The summed E-state index contributed by atoms with van der Waals surface area (Å²) in [6.07, 6.45) is 0.973. The molecular weight excluding hydrogens is 456 g/mol. The Morgan fingerprint density at radius 1 is 1.00 bits per heavy atom. The van der Waals surface area contributed by atoms with Crippen LogP contribution in [0.15, 0.2) is 64.2 Å². The first-order valence-electron chi connectivity index (χ1n) is 12.2. The molecule has 4 aromatic rings. The zero-order chi connectivity index (χ0) is 25.8. The van der Waals surface area contributed by atoms with Gasteiger partial charge in [-0.15, -0.1) is 0 Å². The highest BCUT2D eigenvalue weighted by molar-refractivity contribution is 5.93. The summed E-state index contributed by atoms with van der Waals surface area (Å²) < 4.78 is 0. The first-order valence-corrected chi connectivity index (χ1v) is 12.2. The quantitative estimate of drug-likeness (QED) is 0.272. The van der Waals surface area contributed by atoms with Gasteiger partial charge < -0.3 is 20.6 Å². The number of nitrogens with one attached hydrogen (secondary N) is 2. The summed E-state index contributed by atoms with van der Waals surface area (Å²) in [5.41, 5.74) is 1.71. The summed E-state index contributed by atoms with van der Waals surface area (Å²) in [5, 5.41) is 18.1. The van der Waals surface area contributed by atoms with E-state index in [1.54, 1.807) is 4.90 Å². The molecule has 0 aliphatic rings. The van der Waals surface area contributed by atoms with Crippen LogP contribution in [0.2, 0.25) is 0 Å². The number of benzene rings is 2. The molecule has 0 unspecified atom stereocenters. The van der Waals surface area contributed by atoms with Crippen LogP contribution in [0, 0.1) is 0 Å². The highest BCUT2D eigenvalue weighted by atomic mass is 16.4. The summed E-state index contributed by atoms with van der Waals surface area (Å²) in [5.74, 6) is -0.324. The van der Waals surface area contributed by atoms with E-state index in [1.807, 2.05) is 56.3 Å². The normalized spacial score (nSPS) is 12.0. The number of carboxylic acids is 1. The van der Waals surface area contributed by atoms with Gasteiger partial charge in [0.2, 0.25) is 0 Å². The van der Waals surface area contributed by atoms with E-state index in [9.17, 15) is 19.5 Å². The molecule has 8 heteroatoms. The van der Waals surface area contributed by atoms with E-state index in [0.29, 0.717) is 13.1 Å². The summed E-state index contributed by atoms with van der Waals surface area (Å²) >= 11 is 0. The lowest BCUT2D eigenvalue weighted by molar-refractivity contribution is -0.137. The number of fused-ring (bicyclic) bond motifs is 1. The van der Waals surface area contributed by atoms with Crippen LogP contribution < -0.4 is 26.4 Å². The average molecular weight is 487 g/mol. The number of hydrogen-bond donors (Lipinski definition) is 3. The Bertz CT molecular complexity index is 1450. The van der Waals surface area contributed by atoms with Crippen molar-refractivity contribution >= 4 is 39.6 Å². The lowest BCUT2D eigenvalue weighted by Crippen LogP contribution is -2.45. The smallest absolute Gasteiger partial charge is 0.326 e. The predicted molar refractivity (Wildman–Crippen MR) is 145 cm³/mol. The maximum atomic E-state index is 12.2. The second kappa shape index (κ2) is 10.6. The molecule has 0 spiro atoms. The Morgan fingerprint density at radius 3 is 2.33 bits per heavy atom. The molecule has 1 aromatic heterocycles. The Hall–Kier alpha value is -4.20. The minimum Gasteiger partial charge on any atom is -0.480 e. The zero-order valence-corrected chi connectivity index (χ0v) is 20.7. The van der Waals surface area contributed by atoms with Crippen molar-refractivity contribution in [3.05, 3.63) is 86.3 Å². The highest BCUT2D eigenvalue weighted by Gasteiger charge is 2.29. The molecule has 0 amide bonds. The van der Waals surface area contributed by atoms with Crippen LogP contribution >= 0.6 is 0 Å². The molecule has 0 bridgehead atoms. The van der Waals surface area contributed by atoms with Gasteiger partial charge in [-0.25, -0.2) is 9.78 Å². The van der Waals surface area contributed by atoms with Crippen molar-refractivity contribution in [3.8, 4) is 0 Å². The molecule has 0 aliphatic carbocycles. The lowest BCUT2D eigenvalue weighted by Gasteiger charge is -2.26. The number of aromatic nitrogens is 1. The molecule has 36 heavy (non-hydrogen) atoms. The molecule has 4 rings (SSSR count). The van der Waals surface area contributed by atoms with Gasteiger partial charge in [-0.2, -0.15) is 0 Å². The maximum Gasteiger partial charge on any atom is 0.326 e. The minimum atomic E-state index is -1.09. The van der Waals surface area contributed by atoms with Gasteiger partial charge in [0.15, 0.2) is 0 Å². The van der Waals surface area contributed by atoms with Crippen LogP contribution in [0.25, 0.3) is 10.8 Å². The Balaban J connectivity index is 1.52. The van der Waals surface area contributed by atoms with Crippen LogP contribution in [0.4, 0.5) is 22.9 Å². The van der Waals surface area contributed by atoms with E-state index in [0.717, 1.165) is 40.0 Å². The van der Waals surface area contributed by atoms with E-state index in [-0.39, 0.29) is 17.8 Å². The molecule has 1 atom stereocenters. The van der Waals surface area contributed by atoms with E-state index in [2.05, 4.69) is 29.7 Å². The standard InChI is InChI=1S/C28H30N4O4/c1-4-19-16-18-9-7-8-10-21(18)27(29-19)30-20-13-11-17(12-14-20)15-22(28(35)36)31-23-24(26(34)25(23)33)32(5-2)6-3/h7-14,16,22,31H,4-6,15H2,1-3H3,(H,29,30)(H,35,36)/t22-/m0/s1. The summed E-state index contributed by atoms with van der Waals surface area (Å²) in [7, 11) is 0. The second-order valence-electron chi connectivity index (χ2n) is 8.65. The summed E-state index contributed by atoms with van der Waals surface area (Å²) in [6, 6.07) is 16.5. The van der Waals surface area contributed by atoms with E-state index in [1.165, 1.54) is 0 Å². The van der Waals surface area contributed by atoms with Gasteiger partial charge in [0, 0.05) is 36.3 Å². The Morgan fingerprint density at radius 2 is 1.69 bits per heavy atom. The third kappa shape index (κ3) is 4.93. The summed E-state index contributed by atoms with van der Waals surface area (Å²) in [4.78, 5) is 42.7. The average Bonchev–Trinajstić information content (AvgIpc) is 2.90. The molecule has 0 saturated heterocycles. The number of anilines is 4. The number of aryl methyl sites for hydroxylation is 1. The molecule has 1 heterocycles. The monoisotopic (exact) mass is 486 g/mol. The van der Waals surface area contributed by atoms with Gasteiger partial charge in [-0.05, 0) is 49.4 Å². The third-order valence-electron chi connectivity index (χ3n) is 6.39. The third-order valence-corrected chi connectivity index (χ3v) is 6.39. The van der Waals surface area contributed by atoms with Crippen LogP contribution in [0.5, 0.6) is 0 Å². The number of hydrogen-bond acceptors (Lipinski definition) is 7. The van der Waals surface area contributed by atoms with Gasteiger partial charge in [0.25, 0.3) is 10.9 Å². The van der Waals surface area contributed by atoms with E-state index >= 15 is 0 Å². The molecule has 0 radical (unpaired) electrons. The fraction of sp³-hybridized carbons (Fsp3) is 0.286. The molecule has 0 fully saturated rings. The van der Waals surface area contributed by atoms with Crippen molar-refractivity contribution in [2.75, 3.05) is 28.6 Å². The minimum absolute atomic E-state index is 0.0862. The first-order chi connectivity index (χ1) is 17.4. The van der Waals surface area contributed by atoms with Gasteiger partial charge in [0.05, 0.1) is 0 Å². The first kappa shape index (κ1) is 24.9. The number of nitrogens with zero attached hydrogens (tertiary/aromatic N) is 2. The van der Waals surface area contributed by atoms with Crippen molar-refractivity contribution in [1.29, 1.82) is 0 Å². The number of pyridine rings is 1. The maximum absolute atomic E-state index is 12.2. The molecule has 3 N–H and O–H groups in total. The lowest BCUT2D eigenvalue weighted by atomic mass is 10.0. The highest BCUT2D eigenvalue weighted by Crippen LogP contribution is 2.27. The fourth-order valence-electron chi connectivity index (χ4n) is 4.36. The van der Waals surface area contributed by atoms with Gasteiger partial charge in [-0.3, -0.25) is 9.59 Å². The molecular formula is C28H30N4O4. The molecule has 0 saturated carbocycles. The molecule has 0 aliphatic heterocycles. The topological polar surface area (TPSA) is 112 Å². The van der Waals surface area contributed by atoms with Crippen LogP contribution in [0.1, 0.15) is 32.0 Å². The van der Waals surface area contributed by atoms with Crippen LogP contribution in [0.3, 0.4) is 0 Å². The Kier molecular flexibility index (Phi) is 7.33. The van der Waals surface area contributed by atoms with Crippen LogP contribution in [-0.4, -0.2) is 35.2 Å². The number of aliphatic carboxylic acids is 1. The van der Waals surface area contributed by atoms with Gasteiger partial charge >= 0.3 is 5.97 Å². The Labute approximate surface area is 209 Å². The van der Waals surface area contributed by atoms with Crippen molar-refractivity contribution in [3.63, 3.8) is 0 Å². The van der Waals surface area contributed by atoms with Crippen molar-refractivity contribution in [1.82, 2.24) is 4.98 Å². The second-order valence-corrected chi connectivity index (χ2v) is 8.65. The van der Waals surface area contributed by atoms with Crippen molar-refractivity contribution in [2.45, 2.75) is 39.7 Å².